The van der Waals surface area contributed by atoms with Crippen molar-refractivity contribution >= 4 is 15.9 Å². The third-order valence-corrected chi connectivity index (χ3v) is 8.34. The van der Waals surface area contributed by atoms with E-state index < -0.39 is 10.0 Å². The van der Waals surface area contributed by atoms with Crippen molar-refractivity contribution in [2.75, 3.05) is 26.2 Å². The Labute approximate surface area is 185 Å². The number of imidazole rings is 1. The Morgan fingerprint density at radius 3 is 2.32 bits per heavy atom. The molecule has 3 heterocycles. The van der Waals surface area contributed by atoms with E-state index in [-0.39, 0.29) is 10.8 Å². The summed E-state index contributed by atoms with van der Waals surface area (Å²) in [6.45, 7) is 7.86. The molecule has 0 N–H and O–H groups in total. The van der Waals surface area contributed by atoms with Crippen LogP contribution in [0.1, 0.15) is 61.6 Å². The van der Waals surface area contributed by atoms with E-state index in [0.717, 1.165) is 51.1 Å². The van der Waals surface area contributed by atoms with Crippen LogP contribution in [0.25, 0.3) is 0 Å². The first-order valence-electron chi connectivity index (χ1n) is 11.3. The monoisotopic (exact) mass is 444 g/mol. The van der Waals surface area contributed by atoms with Gasteiger partial charge in [0, 0.05) is 56.6 Å². The zero-order chi connectivity index (χ0) is 22.0. The van der Waals surface area contributed by atoms with Gasteiger partial charge in [0.15, 0.2) is 0 Å². The van der Waals surface area contributed by atoms with Crippen molar-refractivity contribution in [2.45, 2.75) is 56.9 Å². The maximum absolute atomic E-state index is 12.9. The van der Waals surface area contributed by atoms with Gasteiger partial charge >= 0.3 is 0 Å². The summed E-state index contributed by atoms with van der Waals surface area (Å²) in [4.78, 5) is 19.6. The molecule has 0 radical (unpaired) electrons. The summed E-state index contributed by atoms with van der Waals surface area (Å²) in [6.07, 6.45) is 7.65. The molecule has 0 atom stereocenters. The minimum absolute atomic E-state index is 0.0194. The van der Waals surface area contributed by atoms with E-state index in [1.807, 2.05) is 17.3 Å². The number of carbonyl (C=O) groups excluding carboxylic acids is 1. The molecule has 4 rings (SSSR count). The molecule has 2 aromatic rings. The molecule has 31 heavy (non-hydrogen) atoms. The van der Waals surface area contributed by atoms with Gasteiger partial charge in [-0.05, 0) is 55.9 Å². The molecule has 1 aromatic carbocycles. The van der Waals surface area contributed by atoms with E-state index >= 15 is 0 Å². The topological polar surface area (TPSA) is 75.5 Å². The predicted molar refractivity (Wildman–Crippen MR) is 119 cm³/mol. The molecule has 1 aromatic heterocycles. The van der Waals surface area contributed by atoms with Gasteiger partial charge in [-0.3, -0.25) is 4.79 Å². The van der Waals surface area contributed by atoms with Gasteiger partial charge in [-0.2, -0.15) is 4.31 Å². The SMILES string of the molecule is CC(C)c1nccn1CC1CCN(C(=O)c2ccc(S(=O)(=O)N3CCCC3)cc2)CC1. The van der Waals surface area contributed by atoms with Gasteiger partial charge in [0.1, 0.15) is 5.82 Å². The van der Waals surface area contributed by atoms with Crippen molar-refractivity contribution in [3.05, 3.63) is 48.0 Å². The van der Waals surface area contributed by atoms with E-state index in [2.05, 4.69) is 23.4 Å². The van der Waals surface area contributed by atoms with E-state index in [1.54, 1.807) is 24.3 Å². The number of hydrogen-bond acceptors (Lipinski definition) is 4. The van der Waals surface area contributed by atoms with Crippen molar-refractivity contribution in [1.82, 2.24) is 18.8 Å². The van der Waals surface area contributed by atoms with Gasteiger partial charge in [-0.15, -0.1) is 0 Å². The Bertz CT molecular complexity index is 1000. The summed E-state index contributed by atoms with van der Waals surface area (Å²) in [7, 11) is -3.45. The van der Waals surface area contributed by atoms with E-state index in [1.165, 1.54) is 4.31 Å². The molecule has 0 spiro atoms. The highest BCUT2D eigenvalue weighted by atomic mass is 32.2. The number of piperidine rings is 1. The second-order valence-corrected chi connectivity index (χ2v) is 10.9. The fraction of sp³-hybridized carbons (Fsp3) is 0.565. The van der Waals surface area contributed by atoms with Crippen LogP contribution >= 0.6 is 0 Å². The molecule has 2 saturated heterocycles. The van der Waals surface area contributed by atoms with Gasteiger partial charge in [0.2, 0.25) is 10.0 Å². The van der Waals surface area contributed by atoms with Gasteiger partial charge in [0.05, 0.1) is 4.90 Å². The molecule has 0 bridgehead atoms. The smallest absolute Gasteiger partial charge is 0.253 e. The predicted octanol–water partition coefficient (Wildman–Crippen LogP) is 3.34. The summed E-state index contributed by atoms with van der Waals surface area (Å²) >= 11 is 0. The van der Waals surface area contributed by atoms with E-state index in [9.17, 15) is 13.2 Å². The number of sulfonamides is 1. The van der Waals surface area contributed by atoms with Crippen molar-refractivity contribution in [1.29, 1.82) is 0 Å². The van der Waals surface area contributed by atoms with Crippen molar-refractivity contribution in [3.8, 4) is 0 Å². The highest BCUT2D eigenvalue weighted by molar-refractivity contribution is 7.89. The molecular weight excluding hydrogens is 412 g/mol. The highest BCUT2D eigenvalue weighted by Gasteiger charge is 2.28. The molecule has 2 fully saturated rings. The number of carbonyl (C=O) groups is 1. The summed E-state index contributed by atoms with van der Waals surface area (Å²) in [6, 6.07) is 6.44. The Hall–Kier alpha value is -2.19. The van der Waals surface area contributed by atoms with Gasteiger partial charge in [0.25, 0.3) is 5.91 Å². The number of amides is 1. The number of aromatic nitrogens is 2. The van der Waals surface area contributed by atoms with E-state index in [4.69, 9.17) is 0 Å². The highest BCUT2D eigenvalue weighted by Crippen LogP contribution is 2.24. The minimum atomic E-state index is -3.45. The molecule has 8 heteroatoms. The Balaban J connectivity index is 1.35. The lowest BCUT2D eigenvalue weighted by Crippen LogP contribution is -2.39. The fourth-order valence-corrected chi connectivity index (χ4v) is 6.12. The molecule has 0 saturated carbocycles. The molecular formula is C23H32N4O3S. The summed E-state index contributed by atoms with van der Waals surface area (Å²) in [5.74, 6) is 2.02. The van der Waals surface area contributed by atoms with Crippen LogP contribution in [-0.4, -0.2) is 59.3 Å². The number of hydrogen-bond donors (Lipinski definition) is 0. The number of nitrogens with zero attached hydrogens (tertiary/aromatic N) is 4. The van der Waals surface area contributed by atoms with Crippen LogP contribution in [0.2, 0.25) is 0 Å². The fourth-order valence-electron chi connectivity index (χ4n) is 4.60. The first kappa shape index (κ1) is 22.0. The Morgan fingerprint density at radius 1 is 1.06 bits per heavy atom. The number of likely N-dealkylation sites (tertiary alicyclic amines) is 1. The Kier molecular flexibility index (Phi) is 6.48. The quantitative estimate of drug-likeness (QED) is 0.685. The van der Waals surface area contributed by atoms with Crippen molar-refractivity contribution < 1.29 is 13.2 Å². The van der Waals surface area contributed by atoms with E-state index in [0.29, 0.717) is 30.5 Å². The molecule has 7 nitrogen and oxygen atoms in total. The number of benzene rings is 1. The molecule has 0 unspecified atom stereocenters. The van der Waals surface area contributed by atoms with Crippen molar-refractivity contribution in [3.63, 3.8) is 0 Å². The summed E-state index contributed by atoms with van der Waals surface area (Å²) in [5.41, 5.74) is 0.551. The maximum Gasteiger partial charge on any atom is 0.253 e. The maximum atomic E-state index is 12.9. The van der Waals surface area contributed by atoms with Gasteiger partial charge in [-0.1, -0.05) is 13.8 Å². The number of rotatable bonds is 6. The lowest BCUT2D eigenvalue weighted by molar-refractivity contribution is 0.0682. The second kappa shape index (κ2) is 9.12. The Morgan fingerprint density at radius 2 is 1.71 bits per heavy atom. The van der Waals surface area contributed by atoms with Crippen LogP contribution in [0.5, 0.6) is 0 Å². The largest absolute Gasteiger partial charge is 0.339 e. The van der Waals surface area contributed by atoms with Crippen molar-refractivity contribution in [2.24, 2.45) is 5.92 Å². The molecule has 2 aliphatic heterocycles. The van der Waals surface area contributed by atoms with Gasteiger partial charge in [-0.25, -0.2) is 13.4 Å². The lowest BCUT2D eigenvalue weighted by atomic mass is 9.96. The standard InChI is InChI=1S/C23H32N4O3S/c1-18(2)22-24-11-16-26(22)17-19-9-14-25(15-10-19)23(28)20-5-7-21(8-6-20)31(29,30)27-12-3-4-13-27/h5-8,11,16,18-19H,3-4,9-10,12-15,17H2,1-2H3. The average molecular weight is 445 g/mol. The van der Waals surface area contributed by atoms with Crippen LogP contribution in [0, 0.1) is 5.92 Å². The second-order valence-electron chi connectivity index (χ2n) is 8.96. The zero-order valence-electron chi connectivity index (χ0n) is 18.4. The summed E-state index contributed by atoms with van der Waals surface area (Å²) in [5, 5.41) is 0. The third-order valence-electron chi connectivity index (χ3n) is 6.42. The molecule has 2 aliphatic rings. The summed E-state index contributed by atoms with van der Waals surface area (Å²) < 4.78 is 29.1. The minimum Gasteiger partial charge on any atom is -0.339 e. The molecule has 0 aliphatic carbocycles. The third kappa shape index (κ3) is 4.70. The van der Waals surface area contributed by atoms with Crippen LogP contribution in [0.4, 0.5) is 0 Å². The zero-order valence-corrected chi connectivity index (χ0v) is 19.2. The lowest BCUT2D eigenvalue weighted by Gasteiger charge is -2.32. The van der Waals surface area contributed by atoms with Crippen LogP contribution in [-0.2, 0) is 16.6 Å². The normalized spacial score (nSPS) is 18.7. The first-order chi connectivity index (χ1) is 14.9. The van der Waals surface area contributed by atoms with Crippen LogP contribution < -0.4 is 0 Å². The molecule has 168 valence electrons. The van der Waals surface area contributed by atoms with Gasteiger partial charge < -0.3 is 9.47 Å². The first-order valence-corrected chi connectivity index (χ1v) is 12.7. The van der Waals surface area contributed by atoms with Crippen LogP contribution in [0.15, 0.2) is 41.6 Å². The average Bonchev–Trinajstić information content (AvgIpc) is 3.46. The van der Waals surface area contributed by atoms with Crippen LogP contribution in [0.3, 0.4) is 0 Å². The molecule has 1 amide bonds.